The molecule has 2 rings (SSSR count). The fourth-order valence-electron chi connectivity index (χ4n) is 1.77. The van der Waals surface area contributed by atoms with Gasteiger partial charge in [-0.1, -0.05) is 24.7 Å². The van der Waals surface area contributed by atoms with Crippen molar-refractivity contribution in [1.82, 2.24) is 15.0 Å². The minimum atomic E-state index is 0.293. The van der Waals surface area contributed by atoms with E-state index in [9.17, 15) is 0 Å². The van der Waals surface area contributed by atoms with Crippen LogP contribution in [-0.2, 0) is 0 Å². The first kappa shape index (κ1) is 12.4. The van der Waals surface area contributed by atoms with Crippen LogP contribution in [0.4, 0.5) is 0 Å². The van der Waals surface area contributed by atoms with Crippen LogP contribution < -0.4 is 5.73 Å². The lowest BCUT2D eigenvalue weighted by atomic mass is 10.0. The Bertz CT molecular complexity index is 447. The second-order valence-electron chi connectivity index (χ2n) is 4.55. The maximum Gasteiger partial charge on any atom is 0.189 e. The molecule has 5 heteroatoms. The molecule has 0 saturated carbocycles. The van der Waals surface area contributed by atoms with Gasteiger partial charge in [-0.2, -0.15) is 0 Å². The van der Waals surface area contributed by atoms with Crippen LogP contribution in [0.15, 0.2) is 12.4 Å². The molecular weight excluding hydrogens is 232 g/mol. The molecule has 0 fully saturated rings. The Kier molecular flexibility index (Phi) is 4.02. The van der Waals surface area contributed by atoms with Crippen LogP contribution >= 0.6 is 11.3 Å². The molecule has 0 spiro atoms. The quantitative estimate of drug-likeness (QED) is 0.886. The van der Waals surface area contributed by atoms with Crippen molar-refractivity contribution in [3.05, 3.63) is 17.4 Å². The van der Waals surface area contributed by atoms with Crippen molar-refractivity contribution in [2.24, 2.45) is 5.73 Å². The van der Waals surface area contributed by atoms with E-state index >= 15 is 0 Å². The second kappa shape index (κ2) is 5.51. The van der Waals surface area contributed by atoms with Crippen molar-refractivity contribution in [2.75, 3.05) is 0 Å². The summed E-state index contributed by atoms with van der Waals surface area (Å²) >= 11 is 1.65. The molecular formula is C12H18N4S. The fourth-order valence-corrected chi connectivity index (χ4v) is 2.73. The minimum absolute atomic E-state index is 0.293. The average Bonchev–Trinajstić information content (AvgIpc) is 2.71. The normalized spacial score (nSPS) is 15.0. The molecule has 0 radical (unpaired) electrons. The van der Waals surface area contributed by atoms with Crippen molar-refractivity contribution in [2.45, 2.75) is 45.1 Å². The van der Waals surface area contributed by atoms with Gasteiger partial charge in [0.25, 0.3) is 0 Å². The first-order valence-corrected chi connectivity index (χ1v) is 6.81. The van der Waals surface area contributed by atoms with E-state index in [1.807, 2.05) is 0 Å². The predicted octanol–water partition coefficient (Wildman–Crippen LogP) is 2.71. The smallest absolute Gasteiger partial charge is 0.189 e. The molecule has 0 aliphatic rings. The summed E-state index contributed by atoms with van der Waals surface area (Å²) in [5.41, 5.74) is 6.52. The van der Waals surface area contributed by atoms with Crippen LogP contribution in [0.3, 0.4) is 0 Å². The zero-order valence-electron chi connectivity index (χ0n) is 10.3. The number of hydrogen-bond donors (Lipinski definition) is 1. The monoisotopic (exact) mass is 250 g/mol. The van der Waals surface area contributed by atoms with Gasteiger partial charge in [-0.3, -0.25) is 0 Å². The molecule has 2 atom stereocenters. The molecule has 0 amide bonds. The third kappa shape index (κ3) is 3.20. The van der Waals surface area contributed by atoms with Gasteiger partial charge >= 0.3 is 0 Å². The summed E-state index contributed by atoms with van der Waals surface area (Å²) in [6.07, 6.45) is 6.75. The molecule has 0 aromatic carbocycles. The molecule has 0 aliphatic heterocycles. The van der Waals surface area contributed by atoms with Gasteiger partial charge < -0.3 is 5.73 Å². The van der Waals surface area contributed by atoms with Gasteiger partial charge in [0.1, 0.15) is 5.01 Å². The summed E-state index contributed by atoms with van der Waals surface area (Å²) in [4.78, 5) is 13.9. The van der Waals surface area contributed by atoms with Crippen molar-refractivity contribution in [3.8, 4) is 0 Å². The van der Waals surface area contributed by atoms with Crippen LogP contribution in [0.5, 0.6) is 0 Å². The van der Waals surface area contributed by atoms with Crippen LogP contribution in [0.1, 0.15) is 44.0 Å². The number of thiazole rings is 1. The van der Waals surface area contributed by atoms with E-state index in [-0.39, 0.29) is 0 Å². The predicted molar refractivity (Wildman–Crippen MR) is 71.1 cm³/mol. The fraction of sp³-hybridized carbons (Fsp3) is 0.583. The number of aromatic nitrogens is 3. The highest BCUT2D eigenvalue weighted by Crippen LogP contribution is 2.28. The molecule has 2 N–H and O–H groups in total. The van der Waals surface area contributed by atoms with Crippen molar-refractivity contribution >= 4 is 21.8 Å². The van der Waals surface area contributed by atoms with Crippen LogP contribution in [-0.4, -0.2) is 21.0 Å². The lowest BCUT2D eigenvalue weighted by Crippen LogP contribution is -2.14. The van der Waals surface area contributed by atoms with E-state index < -0.39 is 0 Å². The summed E-state index contributed by atoms with van der Waals surface area (Å²) in [7, 11) is 0. The SMILES string of the molecule is CC(N)CCCC(C)c1nc2nccnc2s1. The standard InChI is InChI=1S/C12H18N4S/c1-8(4-3-5-9(2)13)11-16-10-12(17-11)15-7-6-14-10/h6-9H,3-5,13H2,1-2H3. The summed E-state index contributed by atoms with van der Waals surface area (Å²) in [6, 6.07) is 0.293. The Morgan fingerprint density at radius 3 is 2.71 bits per heavy atom. The molecule has 4 nitrogen and oxygen atoms in total. The van der Waals surface area contributed by atoms with E-state index in [1.165, 1.54) is 0 Å². The molecule has 0 aliphatic carbocycles. The maximum atomic E-state index is 5.75. The minimum Gasteiger partial charge on any atom is -0.328 e. The lowest BCUT2D eigenvalue weighted by molar-refractivity contribution is 0.556. The van der Waals surface area contributed by atoms with Gasteiger partial charge in [-0.25, -0.2) is 15.0 Å². The highest BCUT2D eigenvalue weighted by molar-refractivity contribution is 7.18. The maximum absolute atomic E-state index is 5.75. The molecule has 0 bridgehead atoms. The Balaban J connectivity index is 2.01. The van der Waals surface area contributed by atoms with E-state index in [0.29, 0.717) is 12.0 Å². The summed E-state index contributed by atoms with van der Waals surface area (Å²) < 4.78 is 0. The number of rotatable bonds is 5. The first-order valence-electron chi connectivity index (χ1n) is 6.00. The van der Waals surface area contributed by atoms with E-state index in [2.05, 4.69) is 28.8 Å². The summed E-state index contributed by atoms with van der Waals surface area (Å²) in [6.45, 7) is 4.26. The molecule has 17 heavy (non-hydrogen) atoms. The van der Waals surface area contributed by atoms with Crippen molar-refractivity contribution < 1.29 is 0 Å². The van der Waals surface area contributed by atoms with Gasteiger partial charge in [0.05, 0.1) is 0 Å². The molecule has 2 unspecified atom stereocenters. The van der Waals surface area contributed by atoms with Gasteiger partial charge in [0, 0.05) is 24.4 Å². The Morgan fingerprint density at radius 2 is 2.00 bits per heavy atom. The van der Waals surface area contributed by atoms with Crippen LogP contribution in [0.25, 0.3) is 10.5 Å². The Labute approximate surface area is 105 Å². The highest BCUT2D eigenvalue weighted by atomic mass is 32.1. The van der Waals surface area contributed by atoms with Gasteiger partial charge in [-0.05, 0) is 19.8 Å². The number of nitrogens with two attached hydrogens (primary N) is 1. The largest absolute Gasteiger partial charge is 0.328 e. The second-order valence-corrected chi connectivity index (χ2v) is 5.56. The zero-order valence-corrected chi connectivity index (χ0v) is 11.1. The first-order chi connectivity index (χ1) is 8.16. The highest BCUT2D eigenvalue weighted by Gasteiger charge is 2.12. The van der Waals surface area contributed by atoms with E-state index in [0.717, 1.165) is 34.7 Å². The topological polar surface area (TPSA) is 64.7 Å². The lowest BCUT2D eigenvalue weighted by Gasteiger charge is -2.08. The third-order valence-electron chi connectivity index (χ3n) is 2.78. The van der Waals surface area contributed by atoms with E-state index in [1.54, 1.807) is 23.7 Å². The summed E-state index contributed by atoms with van der Waals surface area (Å²) in [5.74, 6) is 0.467. The van der Waals surface area contributed by atoms with Gasteiger partial charge in [0.15, 0.2) is 10.5 Å². The van der Waals surface area contributed by atoms with Crippen molar-refractivity contribution in [1.29, 1.82) is 0 Å². The van der Waals surface area contributed by atoms with Gasteiger partial charge in [-0.15, -0.1) is 0 Å². The number of hydrogen-bond acceptors (Lipinski definition) is 5. The zero-order chi connectivity index (χ0) is 12.3. The van der Waals surface area contributed by atoms with Crippen molar-refractivity contribution in [3.63, 3.8) is 0 Å². The van der Waals surface area contributed by atoms with E-state index in [4.69, 9.17) is 5.73 Å². The van der Waals surface area contributed by atoms with Gasteiger partial charge in [0.2, 0.25) is 0 Å². The molecule has 2 aromatic rings. The Hall–Kier alpha value is -1.07. The number of fused-ring (bicyclic) bond motifs is 1. The summed E-state index contributed by atoms with van der Waals surface area (Å²) in [5, 5.41) is 1.14. The molecule has 0 saturated heterocycles. The molecule has 92 valence electrons. The third-order valence-corrected chi connectivity index (χ3v) is 3.97. The number of nitrogens with zero attached hydrogens (tertiary/aromatic N) is 3. The average molecular weight is 250 g/mol. The Morgan fingerprint density at radius 1 is 1.24 bits per heavy atom. The molecule has 2 heterocycles. The molecule has 2 aromatic heterocycles. The van der Waals surface area contributed by atoms with Crippen LogP contribution in [0, 0.1) is 0 Å². The van der Waals surface area contributed by atoms with Crippen LogP contribution in [0.2, 0.25) is 0 Å².